The molecule has 0 radical (unpaired) electrons. The highest BCUT2D eigenvalue weighted by molar-refractivity contribution is 5.81. The summed E-state index contributed by atoms with van der Waals surface area (Å²) < 4.78 is 0. The Labute approximate surface area is 147 Å². The fraction of sp³-hybridized carbons (Fsp3) is 0. The average Bonchev–Trinajstić information content (AvgIpc) is 2.70. The summed E-state index contributed by atoms with van der Waals surface area (Å²) in [5.41, 5.74) is 5.53. The Morgan fingerprint density at radius 3 is 1.88 bits per heavy atom. The quantitative estimate of drug-likeness (QED) is 0.518. The molecule has 0 aliphatic carbocycles. The van der Waals surface area contributed by atoms with Gasteiger partial charge in [-0.3, -0.25) is 4.98 Å². The van der Waals surface area contributed by atoms with Crippen molar-refractivity contribution in [3.8, 4) is 39.3 Å². The predicted octanol–water partition coefficient (Wildman–Crippen LogP) is 5.79. The molecule has 0 bridgehead atoms. The molecule has 2 heteroatoms. The molecule has 1 heterocycles. The maximum atomic E-state index is 10.8. The molecule has 0 amide bonds. The molecule has 0 spiro atoms. The van der Waals surface area contributed by atoms with Crippen LogP contribution in [0.4, 0.5) is 0 Å². The normalized spacial score (nSPS) is 10.6. The van der Waals surface area contributed by atoms with Gasteiger partial charge in [0.1, 0.15) is 11.4 Å². The molecule has 120 valence electrons. The number of nitrogens with zero attached hydrogens (tertiary/aromatic N) is 1. The summed E-state index contributed by atoms with van der Waals surface area (Å²) >= 11 is 0. The molecule has 0 fully saturated rings. The molecule has 0 saturated carbocycles. The Bertz CT molecular complexity index is 995. The second kappa shape index (κ2) is 6.62. The molecule has 25 heavy (non-hydrogen) atoms. The van der Waals surface area contributed by atoms with E-state index < -0.39 is 0 Å². The van der Waals surface area contributed by atoms with Crippen LogP contribution in [0.1, 0.15) is 0 Å². The molecule has 0 saturated heterocycles. The number of aromatic nitrogens is 1. The Morgan fingerprint density at radius 1 is 0.560 bits per heavy atom. The van der Waals surface area contributed by atoms with E-state index >= 15 is 0 Å². The molecule has 2 nitrogen and oxygen atoms in total. The first kappa shape index (κ1) is 15.2. The van der Waals surface area contributed by atoms with Crippen LogP contribution in [0.3, 0.4) is 0 Å². The molecule has 0 aliphatic rings. The van der Waals surface area contributed by atoms with E-state index in [0.29, 0.717) is 5.69 Å². The van der Waals surface area contributed by atoms with Gasteiger partial charge in [-0.25, -0.2) is 0 Å². The maximum Gasteiger partial charge on any atom is 0.149 e. The monoisotopic (exact) mass is 323 g/mol. The van der Waals surface area contributed by atoms with E-state index in [1.54, 1.807) is 6.20 Å². The smallest absolute Gasteiger partial charge is 0.149 e. The fourth-order valence-electron chi connectivity index (χ4n) is 2.99. The molecular formula is C23H17NO. The van der Waals surface area contributed by atoms with Crippen LogP contribution < -0.4 is 0 Å². The molecule has 4 aromatic rings. The van der Waals surface area contributed by atoms with E-state index in [-0.39, 0.29) is 5.75 Å². The van der Waals surface area contributed by atoms with E-state index in [0.717, 1.165) is 27.8 Å². The number of pyridine rings is 1. The maximum absolute atomic E-state index is 10.8. The van der Waals surface area contributed by atoms with Gasteiger partial charge in [0.05, 0.1) is 0 Å². The van der Waals surface area contributed by atoms with Gasteiger partial charge in [0.25, 0.3) is 0 Å². The lowest BCUT2D eigenvalue weighted by Crippen LogP contribution is -1.88. The average molecular weight is 323 g/mol. The highest BCUT2D eigenvalue weighted by Gasteiger charge is 2.12. The SMILES string of the molecule is Oc1c(-c2cccc(-c3ccccc3)c2)ccnc1-c1ccccc1. The van der Waals surface area contributed by atoms with Crippen LogP contribution in [0.25, 0.3) is 33.5 Å². The lowest BCUT2D eigenvalue weighted by atomic mass is 9.97. The highest BCUT2D eigenvalue weighted by atomic mass is 16.3. The van der Waals surface area contributed by atoms with E-state index in [1.807, 2.05) is 66.7 Å². The Balaban J connectivity index is 1.81. The Kier molecular flexibility index (Phi) is 4.01. The van der Waals surface area contributed by atoms with Gasteiger partial charge in [-0.05, 0) is 28.8 Å². The second-order valence-electron chi connectivity index (χ2n) is 5.87. The van der Waals surface area contributed by atoms with Crippen LogP contribution >= 0.6 is 0 Å². The first-order valence-electron chi connectivity index (χ1n) is 8.22. The number of benzene rings is 3. The van der Waals surface area contributed by atoms with Crippen LogP contribution in [0.2, 0.25) is 0 Å². The van der Waals surface area contributed by atoms with Crippen molar-refractivity contribution >= 4 is 0 Å². The number of hydrogen-bond acceptors (Lipinski definition) is 2. The molecular weight excluding hydrogens is 306 g/mol. The van der Waals surface area contributed by atoms with E-state index in [2.05, 4.69) is 29.2 Å². The first-order valence-corrected chi connectivity index (χ1v) is 8.22. The van der Waals surface area contributed by atoms with Crippen molar-refractivity contribution in [1.82, 2.24) is 4.98 Å². The second-order valence-corrected chi connectivity index (χ2v) is 5.87. The van der Waals surface area contributed by atoms with Gasteiger partial charge >= 0.3 is 0 Å². The van der Waals surface area contributed by atoms with Crippen molar-refractivity contribution < 1.29 is 5.11 Å². The van der Waals surface area contributed by atoms with Crippen LogP contribution in [-0.4, -0.2) is 10.1 Å². The standard InChI is InChI=1S/C23H17NO/c25-23-21(14-15-24-22(23)18-10-5-2-6-11-18)20-13-7-12-19(16-20)17-8-3-1-4-9-17/h1-16,25H. The van der Waals surface area contributed by atoms with Crippen LogP contribution in [-0.2, 0) is 0 Å². The molecule has 1 N–H and O–H groups in total. The zero-order valence-corrected chi connectivity index (χ0v) is 13.6. The number of aromatic hydroxyl groups is 1. The van der Waals surface area contributed by atoms with Crippen molar-refractivity contribution in [2.45, 2.75) is 0 Å². The Morgan fingerprint density at radius 2 is 1.16 bits per heavy atom. The minimum Gasteiger partial charge on any atom is -0.505 e. The number of hydrogen-bond donors (Lipinski definition) is 1. The molecule has 0 unspecified atom stereocenters. The van der Waals surface area contributed by atoms with Gasteiger partial charge in [-0.15, -0.1) is 0 Å². The first-order chi connectivity index (χ1) is 12.3. The fourth-order valence-corrected chi connectivity index (χ4v) is 2.99. The van der Waals surface area contributed by atoms with Crippen molar-refractivity contribution in [3.05, 3.63) is 97.2 Å². The zero-order valence-electron chi connectivity index (χ0n) is 13.6. The van der Waals surface area contributed by atoms with Crippen LogP contribution in [0, 0.1) is 0 Å². The molecule has 0 aliphatic heterocycles. The molecule has 1 aromatic heterocycles. The third kappa shape index (κ3) is 3.02. The van der Waals surface area contributed by atoms with Gasteiger partial charge in [0.15, 0.2) is 0 Å². The topological polar surface area (TPSA) is 33.1 Å². The lowest BCUT2D eigenvalue weighted by Gasteiger charge is -2.11. The summed E-state index contributed by atoms with van der Waals surface area (Å²) in [5, 5.41) is 10.8. The highest BCUT2D eigenvalue weighted by Crippen LogP contribution is 2.37. The van der Waals surface area contributed by atoms with Crippen LogP contribution in [0.15, 0.2) is 97.2 Å². The van der Waals surface area contributed by atoms with Crippen molar-refractivity contribution in [1.29, 1.82) is 0 Å². The van der Waals surface area contributed by atoms with Crippen molar-refractivity contribution in [2.24, 2.45) is 0 Å². The molecule has 4 rings (SSSR count). The summed E-state index contributed by atoms with van der Waals surface area (Å²) in [7, 11) is 0. The van der Waals surface area contributed by atoms with Gasteiger partial charge < -0.3 is 5.11 Å². The summed E-state index contributed by atoms with van der Waals surface area (Å²) in [4.78, 5) is 4.37. The summed E-state index contributed by atoms with van der Waals surface area (Å²) in [6, 6.07) is 30.0. The summed E-state index contributed by atoms with van der Waals surface area (Å²) in [5.74, 6) is 0.207. The third-order valence-corrected chi connectivity index (χ3v) is 4.25. The summed E-state index contributed by atoms with van der Waals surface area (Å²) in [6.45, 7) is 0. The number of rotatable bonds is 3. The van der Waals surface area contributed by atoms with Crippen LogP contribution in [0.5, 0.6) is 5.75 Å². The van der Waals surface area contributed by atoms with Gasteiger partial charge in [0.2, 0.25) is 0 Å². The lowest BCUT2D eigenvalue weighted by molar-refractivity contribution is 0.477. The van der Waals surface area contributed by atoms with Gasteiger partial charge in [-0.1, -0.05) is 78.9 Å². The third-order valence-electron chi connectivity index (χ3n) is 4.25. The van der Waals surface area contributed by atoms with Crippen molar-refractivity contribution in [3.63, 3.8) is 0 Å². The Hall–Kier alpha value is -3.39. The van der Waals surface area contributed by atoms with Crippen molar-refractivity contribution in [2.75, 3.05) is 0 Å². The largest absolute Gasteiger partial charge is 0.505 e. The predicted molar refractivity (Wildman–Crippen MR) is 102 cm³/mol. The molecule has 0 atom stereocenters. The van der Waals surface area contributed by atoms with Gasteiger partial charge in [-0.2, -0.15) is 0 Å². The van der Waals surface area contributed by atoms with E-state index in [4.69, 9.17) is 0 Å². The van der Waals surface area contributed by atoms with E-state index in [1.165, 1.54) is 0 Å². The van der Waals surface area contributed by atoms with E-state index in [9.17, 15) is 5.11 Å². The minimum atomic E-state index is 0.207. The zero-order chi connectivity index (χ0) is 17.1. The molecule has 3 aromatic carbocycles. The summed E-state index contributed by atoms with van der Waals surface area (Å²) in [6.07, 6.45) is 1.74. The van der Waals surface area contributed by atoms with Gasteiger partial charge in [0, 0.05) is 17.3 Å². The minimum absolute atomic E-state index is 0.207.